The fourth-order valence-electron chi connectivity index (χ4n) is 2.37. The number of amides is 1. The monoisotopic (exact) mass is 357 g/mol. The molecule has 0 radical (unpaired) electrons. The molecule has 0 unspecified atom stereocenters. The highest BCUT2D eigenvalue weighted by atomic mass is 19.1. The zero-order chi connectivity index (χ0) is 18.4. The van der Waals surface area contributed by atoms with Gasteiger partial charge in [-0.2, -0.15) is 0 Å². The van der Waals surface area contributed by atoms with E-state index in [2.05, 4.69) is 20.6 Å². The van der Waals surface area contributed by atoms with Crippen LogP contribution in [0.15, 0.2) is 55.1 Å². The van der Waals surface area contributed by atoms with Gasteiger partial charge in [0.2, 0.25) is 5.91 Å². The molecule has 0 saturated heterocycles. The van der Waals surface area contributed by atoms with Crippen molar-refractivity contribution in [3.63, 3.8) is 0 Å². The van der Waals surface area contributed by atoms with E-state index in [1.54, 1.807) is 6.07 Å². The van der Waals surface area contributed by atoms with Gasteiger partial charge in [0.1, 0.15) is 29.6 Å². The number of carbonyl (C=O) groups is 1. The van der Waals surface area contributed by atoms with E-state index in [0.29, 0.717) is 18.9 Å². The number of carbonyl (C=O) groups excluding carboxylic acids is 1. The Hall–Kier alpha value is -3.29. The van der Waals surface area contributed by atoms with Crippen LogP contribution in [0.2, 0.25) is 0 Å². The van der Waals surface area contributed by atoms with Gasteiger partial charge in [0, 0.05) is 37.6 Å². The zero-order valence-electron chi connectivity index (χ0n) is 13.8. The second-order valence-corrected chi connectivity index (χ2v) is 5.54. The van der Waals surface area contributed by atoms with E-state index >= 15 is 0 Å². The molecule has 0 saturated carbocycles. The normalized spacial score (nSPS) is 10.5. The van der Waals surface area contributed by atoms with Gasteiger partial charge in [-0.05, 0) is 23.8 Å². The third-order valence-corrected chi connectivity index (χ3v) is 3.64. The van der Waals surface area contributed by atoms with Crippen molar-refractivity contribution in [3.8, 4) is 5.82 Å². The molecular weight excluding hydrogens is 340 g/mol. The molecule has 134 valence electrons. The number of hydrogen-bond donors (Lipinski definition) is 2. The van der Waals surface area contributed by atoms with Crippen LogP contribution < -0.4 is 10.6 Å². The lowest BCUT2D eigenvalue weighted by molar-refractivity contribution is -0.120. The number of halogens is 2. The first-order valence-electron chi connectivity index (χ1n) is 8.02. The molecule has 3 aromatic rings. The summed E-state index contributed by atoms with van der Waals surface area (Å²) in [5, 5.41) is 5.76. The maximum Gasteiger partial charge on any atom is 0.224 e. The average molecular weight is 357 g/mol. The summed E-state index contributed by atoms with van der Waals surface area (Å²) in [7, 11) is 0. The van der Waals surface area contributed by atoms with Crippen LogP contribution in [0, 0.1) is 11.6 Å². The Bertz CT molecular complexity index is 883. The maximum atomic E-state index is 13.5. The van der Waals surface area contributed by atoms with Crippen LogP contribution in [0.25, 0.3) is 5.82 Å². The van der Waals surface area contributed by atoms with Gasteiger partial charge in [0.25, 0.3) is 0 Å². The molecule has 26 heavy (non-hydrogen) atoms. The highest BCUT2D eigenvalue weighted by Gasteiger charge is 2.09. The van der Waals surface area contributed by atoms with E-state index in [1.165, 1.54) is 12.4 Å². The van der Waals surface area contributed by atoms with E-state index in [-0.39, 0.29) is 17.9 Å². The molecule has 6 nitrogen and oxygen atoms in total. The SMILES string of the molecule is O=C(Cc1ccc(F)cc1F)NCCNc1cc(-n2cccc2)ncn1. The van der Waals surface area contributed by atoms with Crippen LogP contribution in [0.5, 0.6) is 0 Å². The smallest absolute Gasteiger partial charge is 0.224 e. The summed E-state index contributed by atoms with van der Waals surface area (Å²) in [5.41, 5.74) is 0.157. The Morgan fingerprint density at radius 3 is 2.65 bits per heavy atom. The minimum Gasteiger partial charge on any atom is -0.368 e. The van der Waals surface area contributed by atoms with Gasteiger partial charge < -0.3 is 15.2 Å². The predicted octanol–water partition coefficient (Wildman–Crippen LogP) is 2.32. The van der Waals surface area contributed by atoms with Gasteiger partial charge in [0.15, 0.2) is 0 Å². The van der Waals surface area contributed by atoms with Gasteiger partial charge in [-0.15, -0.1) is 0 Å². The summed E-state index contributed by atoms with van der Waals surface area (Å²) in [4.78, 5) is 20.1. The third kappa shape index (κ3) is 4.62. The maximum absolute atomic E-state index is 13.5. The molecule has 0 fully saturated rings. The van der Waals surface area contributed by atoms with E-state index in [4.69, 9.17) is 0 Å². The van der Waals surface area contributed by atoms with Gasteiger partial charge >= 0.3 is 0 Å². The topological polar surface area (TPSA) is 71.8 Å². The highest BCUT2D eigenvalue weighted by molar-refractivity contribution is 5.78. The molecule has 0 aliphatic rings. The van der Waals surface area contributed by atoms with Crippen molar-refractivity contribution in [2.45, 2.75) is 6.42 Å². The van der Waals surface area contributed by atoms with Crippen LogP contribution in [0.4, 0.5) is 14.6 Å². The van der Waals surface area contributed by atoms with Gasteiger partial charge in [-0.3, -0.25) is 4.79 Å². The lowest BCUT2D eigenvalue weighted by Crippen LogP contribution is -2.30. The first-order valence-corrected chi connectivity index (χ1v) is 8.02. The second-order valence-electron chi connectivity index (χ2n) is 5.54. The molecule has 0 atom stereocenters. The van der Waals surface area contributed by atoms with Crippen LogP contribution >= 0.6 is 0 Å². The molecule has 0 bridgehead atoms. The summed E-state index contributed by atoms with van der Waals surface area (Å²) in [5.74, 6) is -0.379. The summed E-state index contributed by atoms with van der Waals surface area (Å²) >= 11 is 0. The summed E-state index contributed by atoms with van der Waals surface area (Å²) in [6, 6.07) is 8.75. The van der Waals surface area contributed by atoms with Crippen molar-refractivity contribution < 1.29 is 13.6 Å². The molecule has 0 aliphatic carbocycles. The van der Waals surface area contributed by atoms with Crippen molar-refractivity contribution >= 4 is 11.7 Å². The lowest BCUT2D eigenvalue weighted by Gasteiger charge is -2.09. The molecule has 0 spiro atoms. The molecule has 2 aromatic heterocycles. The van der Waals surface area contributed by atoms with Crippen molar-refractivity contribution in [1.82, 2.24) is 19.9 Å². The van der Waals surface area contributed by atoms with Crippen molar-refractivity contribution in [1.29, 1.82) is 0 Å². The van der Waals surface area contributed by atoms with E-state index in [9.17, 15) is 13.6 Å². The number of rotatable bonds is 7. The molecule has 1 amide bonds. The van der Waals surface area contributed by atoms with Gasteiger partial charge in [-0.1, -0.05) is 6.07 Å². The number of hydrogen-bond acceptors (Lipinski definition) is 4. The summed E-state index contributed by atoms with van der Waals surface area (Å²) in [6.07, 6.45) is 5.06. The summed E-state index contributed by atoms with van der Waals surface area (Å²) in [6.45, 7) is 0.782. The predicted molar refractivity (Wildman–Crippen MR) is 92.9 cm³/mol. The number of benzene rings is 1. The Labute approximate surface area is 148 Å². The molecular formula is C18H17F2N5O. The molecule has 3 rings (SSSR count). The second kappa shape index (κ2) is 8.19. The van der Waals surface area contributed by atoms with Crippen LogP contribution in [0.1, 0.15) is 5.56 Å². The fourth-order valence-corrected chi connectivity index (χ4v) is 2.37. The Kier molecular flexibility index (Phi) is 5.52. The minimum atomic E-state index is -0.725. The van der Waals surface area contributed by atoms with Crippen molar-refractivity contribution in [2.24, 2.45) is 0 Å². The minimum absolute atomic E-state index is 0.141. The first kappa shape index (κ1) is 17.5. The van der Waals surface area contributed by atoms with E-state index in [0.717, 1.165) is 18.0 Å². The van der Waals surface area contributed by atoms with Crippen LogP contribution in [-0.2, 0) is 11.2 Å². The quantitative estimate of drug-likeness (QED) is 0.637. The van der Waals surface area contributed by atoms with Gasteiger partial charge in [-0.25, -0.2) is 18.7 Å². The number of anilines is 1. The van der Waals surface area contributed by atoms with Crippen molar-refractivity contribution in [2.75, 3.05) is 18.4 Å². The van der Waals surface area contributed by atoms with Crippen LogP contribution in [-0.4, -0.2) is 33.5 Å². The van der Waals surface area contributed by atoms with E-state index in [1.807, 2.05) is 29.1 Å². The Morgan fingerprint density at radius 1 is 1.08 bits per heavy atom. The zero-order valence-corrected chi connectivity index (χ0v) is 13.8. The Balaban J connectivity index is 1.45. The molecule has 2 N–H and O–H groups in total. The van der Waals surface area contributed by atoms with Gasteiger partial charge in [0.05, 0.1) is 6.42 Å². The standard InChI is InChI=1S/C18H17F2N5O/c19-14-4-3-13(15(20)10-14)9-18(26)22-6-5-21-16-11-17(24-12-23-16)25-7-1-2-8-25/h1-4,7-8,10-12H,5-6,9H2,(H,22,26)(H,21,23,24). The molecule has 1 aromatic carbocycles. The number of nitrogens with one attached hydrogen (secondary N) is 2. The van der Waals surface area contributed by atoms with Crippen LogP contribution in [0.3, 0.4) is 0 Å². The number of nitrogens with zero attached hydrogens (tertiary/aromatic N) is 3. The average Bonchev–Trinajstić information content (AvgIpc) is 3.16. The molecule has 2 heterocycles. The molecule has 0 aliphatic heterocycles. The Morgan fingerprint density at radius 2 is 1.88 bits per heavy atom. The lowest BCUT2D eigenvalue weighted by atomic mass is 10.1. The van der Waals surface area contributed by atoms with E-state index < -0.39 is 11.6 Å². The summed E-state index contributed by atoms with van der Waals surface area (Å²) < 4.78 is 28.2. The highest BCUT2D eigenvalue weighted by Crippen LogP contribution is 2.10. The number of aromatic nitrogens is 3. The fraction of sp³-hybridized carbons (Fsp3) is 0.167. The molecule has 8 heteroatoms. The van der Waals surface area contributed by atoms with Crippen molar-refractivity contribution in [3.05, 3.63) is 72.3 Å². The first-order chi connectivity index (χ1) is 12.6. The largest absolute Gasteiger partial charge is 0.368 e. The third-order valence-electron chi connectivity index (χ3n) is 3.64.